The van der Waals surface area contributed by atoms with Crippen LogP contribution in [-0.4, -0.2) is 59.6 Å². The first-order chi connectivity index (χ1) is 17.4. The number of aromatic nitrogens is 3. The lowest BCUT2D eigenvalue weighted by Crippen LogP contribution is -2.21. The first-order valence-electron chi connectivity index (χ1n) is 11.6. The number of benzene rings is 2. The van der Waals surface area contributed by atoms with Crippen molar-refractivity contribution in [3.63, 3.8) is 0 Å². The number of hydrogen-bond acceptors (Lipinski definition) is 7. The van der Waals surface area contributed by atoms with E-state index in [-0.39, 0.29) is 5.91 Å². The smallest absolute Gasteiger partial charge is 0.247 e. The van der Waals surface area contributed by atoms with Crippen LogP contribution >= 0.6 is 0 Å². The van der Waals surface area contributed by atoms with Gasteiger partial charge in [-0.1, -0.05) is 24.8 Å². The Morgan fingerprint density at radius 1 is 1.17 bits per heavy atom. The van der Waals surface area contributed by atoms with E-state index in [0.29, 0.717) is 29.6 Å². The number of likely N-dealkylation sites (N-methyl/N-ethyl adjacent to an activating group) is 1. The molecule has 3 N–H and O–H groups in total. The number of amides is 1. The van der Waals surface area contributed by atoms with Gasteiger partial charge in [-0.05, 0) is 38.4 Å². The summed E-state index contributed by atoms with van der Waals surface area (Å²) in [5.74, 6) is 0.683. The molecule has 2 aromatic carbocycles. The zero-order valence-corrected chi connectivity index (χ0v) is 21.0. The summed E-state index contributed by atoms with van der Waals surface area (Å²) in [5, 5.41) is 10.6. The van der Waals surface area contributed by atoms with Crippen molar-refractivity contribution in [1.82, 2.24) is 19.4 Å². The van der Waals surface area contributed by atoms with Crippen LogP contribution in [-0.2, 0) is 11.8 Å². The Kier molecular flexibility index (Phi) is 7.50. The van der Waals surface area contributed by atoms with Gasteiger partial charge in [0.2, 0.25) is 11.9 Å². The molecule has 0 aliphatic carbocycles. The largest absolute Gasteiger partial charge is 0.494 e. The number of para-hydroxylation sites is 1. The molecule has 0 radical (unpaired) electrons. The van der Waals surface area contributed by atoms with Gasteiger partial charge >= 0.3 is 0 Å². The second kappa shape index (κ2) is 10.9. The molecule has 0 bridgehead atoms. The third kappa shape index (κ3) is 5.47. The molecule has 0 saturated carbocycles. The molecular weight excluding hydrogens is 454 g/mol. The SMILES string of the molecule is C=CC(=O)Nc1cc(Nc2nccc(-c3cn(C)c4ccccc34)n2)c(OC)cc1NCCN(C)C. The average Bonchev–Trinajstić information content (AvgIpc) is 3.21. The highest BCUT2D eigenvalue weighted by Crippen LogP contribution is 2.37. The number of anilines is 4. The number of fused-ring (bicyclic) bond motifs is 1. The number of ether oxygens (including phenoxy) is 1. The number of carbonyl (C=O) groups is 1. The number of hydrogen-bond donors (Lipinski definition) is 3. The molecule has 9 nitrogen and oxygen atoms in total. The predicted octanol–water partition coefficient (Wildman–Crippen LogP) is 4.49. The van der Waals surface area contributed by atoms with E-state index in [1.807, 2.05) is 45.4 Å². The monoisotopic (exact) mass is 485 g/mol. The zero-order chi connectivity index (χ0) is 25.7. The van der Waals surface area contributed by atoms with Crippen molar-refractivity contribution in [2.75, 3.05) is 50.2 Å². The molecule has 0 unspecified atom stereocenters. The quantitative estimate of drug-likeness (QED) is 0.285. The summed E-state index contributed by atoms with van der Waals surface area (Å²) in [6.07, 6.45) is 5.02. The highest BCUT2D eigenvalue weighted by atomic mass is 16.5. The number of aryl methyl sites for hydroxylation is 1. The van der Waals surface area contributed by atoms with Crippen LogP contribution in [0, 0.1) is 0 Å². The van der Waals surface area contributed by atoms with Gasteiger partial charge in [0, 0.05) is 55.1 Å². The maximum atomic E-state index is 12.1. The Morgan fingerprint density at radius 3 is 2.72 bits per heavy atom. The summed E-state index contributed by atoms with van der Waals surface area (Å²) in [7, 11) is 7.62. The number of methoxy groups -OCH3 is 1. The molecule has 36 heavy (non-hydrogen) atoms. The maximum absolute atomic E-state index is 12.1. The Hall–Kier alpha value is -4.37. The number of nitrogens with zero attached hydrogens (tertiary/aromatic N) is 4. The topological polar surface area (TPSA) is 96.3 Å². The van der Waals surface area contributed by atoms with Crippen LogP contribution in [0.15, 0.2) is 67.5 Å². The molecule has 0 spiro atoms. The number of nitrogens with one attached hydrogen (secondary N) is 3. The van der Waals surface area contributed by atoms with Crippen LogP contribution in [0.5, 0.6) is 5.75 Å². The van der Waals surface area contributed by atoms with Crippen molar-refractivity contribution in [1.29, 1.82) is 0 Å². The lowest BCUT2D eigenvalue weighted by atomic mass is 10.1. The molecule has 0 saturated heterocycles. The van der Waals surface area contributed by atoms with Gasteiger partial charge < -0.3 is 30.2 Å². The van der Waals surface area contributed by atoms with E-state index >= 15 is 0 Å². The van der Waals surface area contributed by atoms with Gasteiger partial charge in [-0.25, -0.2) is 9.97 Å². The average molecular weight is 486 g/mol. The molecule has 4 rings (SSSR count). The highest BCUT2D eigenvalue weighted by Gasteiger charge is 2.15. The Morgan fingerprint density at radius 2 is 1.97 bits per heavy atom. The first-order valence-corrected chi connectivity index (χ1v) is 11.6. The molecule has 9 heteroatoms. The van der Waals surface area contributed by atoms with Crippen LogP contribution in [0.25, 0.3) is 22.2 Å². The molecule has 0 atom stereocenters. The fraction of sp³-hybridized carbons (Fsp3) is 0.222. The molecule has 1 amide bonds. The van der Waals surface area contributed by atoms with Crippen molar-refractivity contribution in [2.24, 2.45) is 7.05 Å². The van der Waals surface area contributed by atoms with Gasteiger partial charge in [0.15, 0.2) is 0 Å². The van der Waals surface area contributed by atoms with Crippen molar-refractivity contribution in [3.05, 3.63) is 67.5 Å². The second-order valence-corrected chi connectivity index (χ2v) is 8.58. The highest BCUT2D eigenvalue weighted by molar-refractivity contribution is 6.02. The van der Waals surface area contributed by atoms with Crippen LogP contribution < -0.4 is 20.7 Å². The van der Waals surface area contributed by atoms with Crippen LogP contribution in [0.2, 0.25) is 0 Å². The predicted molar refractivity (Wildman–Crippen MR) is 146 cm³/mol. The van der Waals surface area contributed by atoms with Gasteiger partial charge in [0.1, 0.15) is 5.75 Å². The maximum Gasteiger partial charge on any atom is 0.247 e. The molecular formula is C27H31N7O2. The minimum atomic E-state index is -0.309. The van der Waals surface area contributed by atoms with E-state index in [0.717, 1.165) is 34.4 Å². The van der Waals surface area contributed by atoms with Crippen molar-refractivity contribution < 1.29 is 9.53 Å². The summed E-state index contributed by atoms with van der Waals surface area (Å²) >= 11 is 0. The van der Waals surface area contributed by atoms with E-state index in [1.165, 1.54) is 6.08 Å². The minimum Gasteiger partial charge on any atom is -0.494 e. The van der Waals surface area contributed by atoms with Crippen molar-refractivity contribution >= 4 is 39.8 Å². The van der Waals surface area contributed by atoms with Gasteiger partial charge in [0.05, 0.1) is 29.9 Å². The van der Waals surface area contributed by atoms with Crippen LogP contribution in [0.3, 0.4) is 0 Å². The zero-order valence-electron chi connectivity index (χ0n) is 21.0. The van der Waals surface area contributed by atoms with Crippen molar-refractivity contribution in [3.8, 4) is 17.0 Å². The van der Waals surface area contributed by atoms with Gasteiger partial charge in [-0.15, -0.1) is 0 Å². The summed E-state index contributed by atoms with van der Waals surface area (Å²) < 4.78 is 7.73. The minimum absolute atomic E-state index is 0.309. The Labute approximate surface area is 210 Å². The standard InChI is InChI=1S/C27H31N7O2/c1-6-26(35)30-22-15-23(25(36-5)16-21(22)28-13-14-33(2)3)32-27-29-12-11-20(31-27)19-17-34(4)24-10-8-7-9-18(19)24/h6-12,15-17,28H,1,13-14H2,2-5H3,(H,30,35)(H,29,31,32). The van der Waals surface area contributed by atoms with Crippen molar-refractivity contribution in [2.45, 2.75) is 0 Å². The van der Waals surface area contributed by atoms with Gasteiger partial charge in [0.25, 0.3) is 0 Å². The molecule has 0 aliphatic rings. The number of carbonyl (C=O) groups excluding carboxylic acids is 1. The second-order valence-electron chi connectivity index (χ2n) is 8.58. The molecule has 2 heterocycles. The van der Waals surface area contributed by atoms with Gasteiger partial charge in [-0.2, -0.15) is 0 Å². The molecule has 0 aliphatic heterocycles. The third-order valence-electron chi connectivity index (χ3n) is 5.73. The van der Waals surface area contributed by atoms with E-state index < -0.39 is 0 Å². The number of rotatable bonds is 10. The first kappa shape index (κ1) is 24.7. The fourth-order valence-corrected chi connectivity index (χ4v) is 3.93. The van der Waals surface area contributed by atoms with Crippen LogP contribution in [0.1, 0.15) is 0 Å². The molecule has 186 valence electrons. The normalized spacial score (nSPS) is 10.9. The summed E-state index contributed by atoms with van der Waals surface area (Å²) in [6.45, 7) is 5.07. The van der Waals surface area contributed by atoms with Gasteiger partial charge in [-0.3, -0.25) is 4.79 Å². The Balaban J connectivity index is 1.68. The fourth-order valence-electron chi connectivity index (χ4n) is 3.93. The summed E-state index contributed by atoms with van der Waals surface area (Å²) in [4.78, 5) is 23.3. The van der Waals surface area contributed by atoms with E-state index in [4.69, 9.17) is 9.72 Å². The van der Waals surface area contributed by atoms with E-state index in [2.05, 4.69) is 55.3 Å². The lowest BCUT2D eigenvalue weighted by Gasteiger charge is -2.19. The van der Waals surface area contributed by atoms with E-state index in [9.17, 15) is 4.79 Å². The molecule has 2 aromatic heterocycles. The third-order valence-corrected chi connectivity index (χ3v) is 5.73. The Bertz CT molecular complexity index is 1390. The van der Waals surface area contributed by atoms with Crippen LogP contribution in [0.4, 0.5) is 23.0 Å². The molecule has 4 aromatic rings. The lowest BCUT2D eigenvalue weighted by molar-refractivity contribution is -0.111. The summed E-state index contributed by atoms with van der Waals surface area (Å²) in [5.41, 5.74) is 4.88. The summed E-state index contributed by atoms with van der Waals surface area (Å²) in [6, 6.07) is 13.7. The molecule has 0 fully saturated rings. The van der Waals surface area contributed by atoms with E-state index in [1.54, 1.807) is 19.4 Å².